The summed E-state index contributed by atoms with van der Waals surface area (Å²) in [6, 6.07) is 0.896. The van der Waals surface area contributed by atoms with Gasteiger partial charge in [0.1, 0.15) is 24.7 Å². The number of piperidine rings is 1. The van der Waals surface area contributed by atoms with Crippen molar-refractivity contribution in [2.24, 2.45) is 11.1 Å². The maximum Gasteiger partial charge on any atom is 0.419 e. The fourth-order valence-electron chi connectivity index (χ4n) is 2.49. The zero-order chi connectivity index (χ0) is 17.7. The molecule has 0 aromatic carbocycles. The Bertz CT molecular complexity index is 617. The van der Waals surface area contributed by atoms with Gasteiger partial charge in [-0.2, -0.15) is 13.2 Å². The van der Waals surface area contributed by atoms with E-state index in [0.29, 0.717) is 31.7 Å². The molecular weight excluding hydrogens is 349 g/mol. The monoisotopic (exact) mass is 365 g/mol. The van der Waals surface area contributed by atoms with Gasteiger partial charge in [0, 0.05) is 5.92 Å². The minimum absolute atomic E-state index is 0.0000422. The van der Waals surface area contributed by atoms with Gasteiger partial charge in [-0.25, -0.2) is 4.98 Å². The molecule has 24 heavy (non-hydrogen) atoms. The minimum Gasteiger partial charge on any atom is -0.398 e. The van der Waals surface area contributed by atoms with E-state index in [-0.39, 0.29) is 16.8 Å². The number of nitrogens with zero attached hydrogens (tertiary/aromatic N) is 2. The van der Waals surface area contributed by atoms with Gasteiger partial charge in [-0.05, 0) is 18.9 Å². The van der Waals surface area contributed by atoms with Crippen molar-refractivity contribution in [1.29, 1.82) is 0 Å². The highest BCUT2D eigenvalue weighted by atomic mass is 35.5. The van der Waals surface area contributed by atoms with Crippen LogP contribution in [0.5, 0.6) is 0 Å². The summed E-state index contributed by atoms with van der Waals surface area (Å²) >= 11 is 5.97. The first-order chi connectivity index (χ1) is 11.3. The van der Waals surface area contributed by atoms with Crippen LogP contribution in [0.25, 0.3) is 0 Å². The number of H-pyrrole nitrogens is 1. The van der Waals surface area contributed by atoms with Gasteiger partial charge in [0.05, 0.1) is 18.7 Å². The number of anilines is 1. The fraction of sp³-hybridized carbons (Fsp3) is 0.500. The van der Waals surface area contributed by atoms with Gasteiger partial charge in [-0.15, -0.1) is 0 Å². The lowest BCUT2D eigenvalue weighted by molar-refractivity contribution is -0.367. The number of aromatic amines is 1. The Hall–Kier alpha value is -2.03. The first-order valence-corrected chi connectivity index (χ1v) is 7.59. The SMILES string of the molecule is CO/N=C/NC(=O)C1CCN(c2[nH+]cc(C(F)(F)F)cc2Cl)CC1. The lowest BCUT2D eigenvalue weighted by Gasteiger charge is -2.27. The van der Waals surface area contributed by atoms with E-state index in [9.17, 15) is 18.0 Å². The van der Waals surface area contributed by atoms with Gasteiger partial charge in [-0.1, -0.05) is 16.8 Å². The number of nitrogens with one attached hydrogen (secondary N) is 2. The van der Waals surface area contributed by atoms with Crippen molar-refractivity contribution < 1.29 is 27.8 Å². The molecule has 1 amide bonds. The van der Waals surface area contributed by atoms with Crippen molar-refractivity contribution in [3.05, 3.63) is 22.8 Å². The highest BCUT2D eigenvalue weighted by Crippen LogP contribution is 2.33. The number of oxime groups is 1. The molecule has 1 aromatic heterocycles. The molecule has 1 aliphatic rings. The third kappa shape index (κ3) is 4.50. The van der Waals surface area contributed by atoms with Crippen molar-refractivity contribution in [3.8, 4) is 0 Å². The Morgan fingerprint density at radius 1 is 1.50 bits per heavy atom. The molecule has 0 unspecified atom stereocenters. The standard InChI is InChI=1S/C14H16ClF3N4O2/c1-24-21-8-20-13(23)9-2-4-22(5-3-9)12-11(15)6-10(7-19-12)14(16,17)18/h6-9H,2-5H2,1H3,(H,20,21,23)/p+1. The first kappa shape index (κ1) is 18.3. The first-order valence-electron chi connectivity index (χ1n) is 7.21. The Kier molecular flexibility index (Phi) is 5.87. The summed E-state index contributed by atoms with van der Waals surface area (Å²) in [7, 11) is 1.37. The summed E-state index contributed by atoms with van der Waals surface area (Å²) in [6.07, 6.45) is -1.28. The number of pyridine rings is 1. The van der Waals surface area contributed by atoms with Crippen LogP contribution in [0.15, 0.2) is 17.4 Å². The summed E-state index contributed by atoms with van der Waals surface area (Å²) in [5.74, 6) is 0.0557. The normalized spacial score (nSPS) is 16.5. The van der Waals surface area contributed by atoms with Gasteiger partial charge >= 0.3 is 6.18 Å². The van der Waals surface area contributed by atoms with E-state index < -0.39 is 11.7 Å². The smallest absolute Gasteiger partial charge is 0.398 e. The van der Waals surface area contributed by atoms with E-state index in [2.05, 4.69) is 20.3 Å². The predicted molar refractivity (Wildman–Crippen MR) is 81.6 cm³/mol. The molecular formula is C14H17ClF3N4O2+. The molecule has 1 fully saturated rings. The van der Waals surface area contributed by atoms with Crippen molar-refractivity contribution in [2.75, 3.05) is 25.1 Å². The second-order valence-corrected chi connectivity index (χ2v) is 5.68. The van der Waals surface area contributed by atoms with Gasteiger partial charge in [0.15, 0.2) is 0 Å². The quantitative estimate of drug-likeness (QED) is 0.505. The molecule has 0 atom stereocenters. The van der Waals surface area contributed by atoms with E-state index in [1.807, 2.05) is 4.90 Å². The number of carbonyl (C=O) groups excluding carboxylic acids is 1. The van der Waals surface area contributed by atoms with E-state index in [1.54, 1.807) is 0 Å². The Morgan fingerprint density at radius 2 is 2.17 bits per heavy atom. The topological polar surface area (TPSA) is 68.1 Å². The zero-order valence-corrected chi connectivity index (χ0v) is 13.6. The van der Waals surface area contributed by atoms with Crippen LogP contribution in [0.2, 0.25) is 5.02 Å². The van der Waals surface area contributed by atoms with Crippen molar-refractivity contribution >= 4 is 29.7 Å². The second kappa shape index (κ2) is 7.69. The summed E-state index contributed by atoms with van der Waals surface area (Å²) < 4.78 is 38.0. The molecule has 2 rings (SSSR count). The molecule has 6 nitrogen and oxygen atoms in total. The van der Waals surface area contributed by atoms with Crippen LogP contribution < -0.4 is 15.2 Å². The van der Waals surface area contributed by atoms with Crippen molar-refractivity contribution in [1.82, 2.24) is 5.32 Å². The molecule has 0 spiro atoms. The molecule has 1 saturated heterocycles. The van der Waals surface area contributed by atoms with Crippen LogP contribution in [0.3, 0.4) is 0 Å². The molecule has 10 heteroatoms. The van der Waals surface area contributed by atoms with Crippen LogP contribution in [0.1, 0.15) is 18.4 Å². The Balaban J connectivity index is 1.97. The number of carbonyl (C=O) groups is 1. The number of alkyl halides is 3. The molecule has 1 aromatic rings. The van der Waals surface area contributed by atoms with Crippen molar-refractivity contribution in [2.45, 2.75) is 19.0 Å². The molecule has 2 heterocycles. The molecule has 1 aliphatic heterocycles. The second-order valence-electron chi connectivity index (χ2n) is 5.27. The maximum absolute atomic E-state index is 12.7. The molecule has 2 N–H and O–H groups in total. The summed E-state index contributed by atoms with van der Waals surface area (Å²) in [5, 5.41) is 5.94. The van der Waals surface area contributed by atoms with E-state index in [1.165, 1.54) is 13.4 Å². The number of aromatic nitrogens is 1. The number of halogens is 4. The van der Waals surface area contributed by atoms with Crippen LogP contribution in [0, 0.1) is 5.92 Å². The van der Waals surface area contributed by atoms with E-state index in [0.717, 1.165) is 12.3 Å². The highest BCUT2D eigenvalue weighted by Gasteiger charge is 2.35. The molecule has 132 valence electrons. The lowest BCUT2D eigenvalue weighted by Crippen LogP contribution is -2.42. The van der Waals surface area contributed by atoms with Crippen LogP contribution in [-0.2, 0) is 15.8 Å². The zero-order valence-electron chi connectivity index (χ0n) is 12.9. The third-order valence-corrected chi connectivity index (χ3v) is 4.04. The van der Waals surface area contributed by atoms with E-state index >= 15 is 0 Å². The average Bonchev–Trinajstić information content (AvgIpc) is 2.54. The van der Waals surface area contributed by atoms with Gasteiger partial charge in [-0.3, -0.25) is 9.69 Å². The molecule has 0 radical (unpaired) electrons. The van der Waals surface area contributed by atoms with E-state index in [4.69, 9.17) is 11.6 Å². The fourth-order valence-corrected chi connectivity index (χ4v) is 2.79. The van der Waals surface area contributed by atoms with Crippen LogP contribution in [-0.4, -0.2) is 32.4 Å². The third-order valence-electron chi connectivity index (χ3n) is 3.75. The molecule has 0 bridgehead atoms. The number of hydrogen-bond acceptors (Lipinski definition) is 4. The minimum atomic E-state index is -4.45. The Labute approximate surface area is 141 Å². The van der Waals surface area contributed by atoms with Gasteiger partial charge in [0.2, 0.25) is 5.91 Å². The van der Waals surface area contributed by atoms with Crippen molar-refractivity contribution in [3.63, 3.8) is 0 Å². The summed E-state index contributed by atoms with van der Waals surface area (Å²) in [4.78, 5) is 20.8. The number of amides is 1. The predicted octanol–water partition coefficient (Wildman–Crippen LogP) is 2.10. The number of rotatable bonds is 4. The van der Waals surface area contributed by atoms with Gasteiger partial charge < -0.3 is 10.2 Å². The lowest BCUT2D eigenvalue weighted by atomic mass is 9.96. The van der Waals surface area contributed by atoms with Gasteiger partial charge in [0.25, 0.3) is 5.82 Å². The molecule has 0 aliphatic carbocycles. The summed E-state index contributed by atoms with van der Waals surface area (Å²) in [6.45, 7) is 1.00. The molecule has 0 saturated carbocycles. The highest BCUT2D eigenvalue weighted by molar-refractivity contribution is 6.32. The average molecular weight is 366 g/mol. The largest absolute Gasteiger partial charge is 0.419 e. The Morgan fingerprint density at radius 3 is 2.71 bits per heavy atom. The maximum atomic E-state index is 12.7. The summed E-state index contributed by atoms with van der Waals surface area (Å²) in [5.41, 5.74) is -0.831. The van der Waals surface area contributed by atoms with Crippen LogP contribution >= 0.6 is 11.6 Å². The number of hydrogen-bond donors (Lipinski definition) is 1. The van der Waals surface area contributed by atoms with Crippen LogP contribution in [0.4, 0.5) is 19.0 Å².